The van der Waals surface area contributed by atoms with E-state index in [4.69, 9.17) is 0 Å². The van der Waals surface area contributed by atoms with Crippen LogP contribution in [0.25, 0.3) is 0 Å². The van der Waals surface area contributed by atoms with Crippen LogP contribution in [0, 0.1) is 0 Å². The normalized spacial score (nSPS) is 10.4. The smallest absolute Gasteiger partial charge is 0.144 e. The molecule has 2 rings (SSSR count). The molecular formula is C15H20N4. The Labute approximate surface area is 114 Å². The van der Waals surface area contributed by atoms with Gasteiger partial charge in [0.25, 0.3) is 0 Å². The van der Waals surface area contributed by atoms with Gasteiger partial charge in [0.1, 0.15) is 11.6 Å². The quantitative estimate of drug-likeness (QED) is 0.860. The number of anilines is 1. The molecule has 0 aliphatic carbocycles. The topological polar surface area (TPSA) is 41.1 Å². The third-order valence-corrected chi connectivity index (χ3v) is 2.95. The minimum Gasteiger partial charge on any atom is -0.352 e. The largest absolute Gasteiger partial charge is 0.352 e. The van der Waals surface area contributed by atoms with Gasteiger partial charge in [-0.05, 0) is 25.6 Å². The van der Waals surface area contributed by atoms with Gasteiger partial charge in [-0.1, -0.05) is 30.3 Å². The highest BCUT2D eigenvalue weighted by Crippen LogP contribution is 2.13. The van der Waals surface area contributed by atoms with Crippen LogP contribution >= 0.6 is 0 Å². The molecule has 0 fully saturated rings. The van der Waals surface area contributed by atoms with Crippen LogP contribution in [0.2, 0.25) is 0 Å². The Bertz CT molecular complexity index is 499. The number of hydrogen-bond donors (Lipinski definition) is 1. The number of rotatable bonds is 6. The maximum absolute atomic E-state index is 4.58. The Morgan fingerprint density at radius 1 is 1.16 bits per heavy atom. The van der Waals surface area contributed by atoms with Crippen LogP contribution in [0.3, 0.4) is 0 Å². The zero-order chi connectivity index (χ0) is 13.5. The lowest BCUT2D eigenvalue weighted by Gasteiger charge is -2.22. The molecule has 0 saturated carbocycles. The van der Waals surface area contributed by atoms with Crippen molar-refractivity contribution >= 4 is 5.82 Å². The zero-order valence-corrected chi connectivity index (χ0v) is 11.5. The predicted molar refractivity (Wildman–Crippen MR) is 78.0 cm³/mol. The van der Waals surface area contributed by atoms with Crippen LogP contribution in [-0.4, -0.2) is 23.6 Å². The molecule has 4 heteroatoms. The van der Waals surface area contributed by atoms with Crippen molar-refractivity contribution in [2.75, 3.05) is 18.5 Å². The molecule has 0 aliphatic rings. The van der Waals surface area contributed by atoms with Gasteiger partial charge in [-0.15, -0.1) is 0 Å². The van der Waals surface area contributed by atoms with E-state index in [0.29, 0.717) is 6.54 Å². The highest BCUT2D eigenvalue weighted by molar-refractivity contribution is 5.38. The van der Waals surface area contributed by atoms with Crippen LogP contribution in [-0.2, 0) is 13.1 Å². The number of nitrogens with zero attached hydrogens (tertiary/aromatic N) is 3. The van der Waals surface area contributed by atoms with Crippen molar-refractivity contribution in [1.82, 2.24) is 15.3 Å². The Balaban J connectivity index is 2.15. The summed E-state index contributed by atoms with van der Waals surface area (Å²) in [6.45, 7) is 4.62. The SMILES string of the molecule is CCN(Cc1ccccc1)c1ccnc(CNC)n1. The first-order chi connectivity index (χ1) is 9.33. The molecule has 0 unspecified atom stereocenters. The Morgan fingerprint density at radius 3 is 2.63 bits per heavy atom. The summed E-state index contributed by atoms with van der Waals surface area (Å²) in [5.41, 5.74) is 1.29. The molecule has 19 heavy (non-hydrogen) atoms. The Hall–Kier alpha value is -1.94. The summed E-state index contributed by atoms with van der Waals surface area (Å²) in [6.07, 6.45) is 1.82. The summed E-state index contributed by atoms with van der Waals surface area (Å²) in [5.74, 6) is 1.80. The fourth-order valence-corrected chi connectivity index (χ4v) is 1.97. The van der Waals surface area contributed by atoms with E-state index in [-0.39, 0.29) is 0 Å². The number of benzene rings is 1. The molecule has 1 N–H and O–H groups in total. The summed E-state index contributed by atoms with van der Waals surface area (Å²) in [5, 5.41) is 3.07. The van der Waals surface area contributed by atoms with E-state index in [2.05, 4.69) is 51.4 Å². The van der Waals surface area contributed by atoms with Gasteiger partial charge in [0.05, 0.1) is 6.54 Å². The van der Waals surface area contributed by atoms with Crippen LogP contribution in [0.5, 0.6) is 0 Å². The van der Waals surface area contributed by atoms with Crippen molar-refractivity contribution in [3.8, 4) is 0 Å². The van der Waals surface area contributed by atoms with E-state index in [1.165, 1.54) is 5.56 Å². The third-order valence-electron chi connectivity index (χ3n) is 2.95. The fourth-order valence-electron chi connectivity index (χ4n) is 1.97. The molecule has 1 aromatic carbocycles. The van der Waals surface area contributed by atoms with Crippen molar-refractivity contribution in [2.45, 2.75) is 20.0 Å². The van der Waals surface area contributed by atoms with Crippen molar-refractivity contribution in [3.05, 3.63) is 54.0 Å². The molecule has 0 aliphatic heterocycles. The molecule has 100 valence electrons. The molecule has 0 amide bonds. The van der Waals surface area contributed by atoms with Gasteiger partial charge in [-0.25, -0.2) is 9.97 Å². The van der Waals surface area contributed by atoms with Gasteiger partial charge >= 0.3 is 0 Å². The number of aromatic nitrogens is 2. The van der Waals surface area contributed by atoms with Crippen molar-refractivity contribution < 1.29 is 0 Å². The van der Waals surface area contributed by atoms with Gasteiger partial charge < -0.3 is 10.2 Å². The van der Waals surface area contributed by atoms with E-state index >= 15 is 0 Å². The maximum Gasteiger partial charge on any atom is 0.144 e. The standard InChI is InChI=1S/C15H20N4/c1-3-19(12-13-7-5-4-6-8-13)15-9-10-17-14(18-15)11-16-2/h4-10,16H,3,11-12H2,1-2H3. The second-order valence-corrected chi connectivity index (χ2v) is 4.36. The molecule has 1 heterocycles. The Morgan fingerprint density at radius 2 is 1.95 bits per heavy atom. The van der Waals surface area contributed by atoms with Crippen LogP contribution < -0.4 is 10.2 Å². The molecule has 2 aromatic rings. The highest BCUT2D eigenvalue weighted by Gasteiger charge is 2.07. The highest BCUT2D eigenvalue weighted by atomic mass is 15.2. The molecule has 0 bridgehead atoms. The summed E-state index contributed by atoms with van der Waals surface area (Å²) in [7, 11) is 1.90. The van der Waals surface area contributed by atoms with Gasteiger partial charge in [0, 0.05) is 19.3 Å². The summed E-state index contributed by atoms with van der Waals surface area (Å²) in [6, 6.07) is 12.4. The summed E-state index contributed by atoms with van der Waals surface area (Å²) in [4.78, 5) is 11.1. The van der Waals surface area contributed by atoms with Gasteiger partial charge in [0.15, 0.2) is 0 Å². The summed E-state index contributed by atoms with van der Waals surface area (Å²) >= 11 is 0. The van der Waals surface area contributed by atoms with Crippen molar-refractivity contribution in [1.29, 1.82) is 0 Å². The number of hydrogen-bond acceptors (Lipinski definition) is 4. The molecule has 0 spiro atoms. The molecular weight excluding hydrogens is 236 g/mol. The average molecular weight is 256 g/mol. The lowest BCUT2D eigenvalue weighted by molar-refractivity contribution is 0.740. The Kier molecular flexibility index (Phi) is 4.86. The van der Waals surface area contributed by atoms with Crippen molar-refractivity contribution in [3.63, 3.8) is 0 Å². The summed E-state index contributed by atoms with van der Waals surface area (Å²) < 4.78 is 0. The van der Waals surface area contributed by atoms with E-state index < -0.39 is 0 Å². The fraction of sp³-hybridized carbons (Fsp3) is 0.333. The predicted octanol–water partition coefficient (Wildman–Crippen LogP) is 2.22. The van der Waals surface area contributed by atoms with Crippen LogP contribution in [0.1, 0.15) is 18.3 Å². The third kappa shape index (κ3) is 3.76. The lowest BCUT2D eigenvalue weighted by atomic mass is 10.2. The minimum absolute atomic E-state index is 0.691. The first-order valence-electron chi connectivity index (χ1n) is 6.59. The lowest BCUT2D eigenvalue weighted by Crippen LogP contribution is -2.24. The second kappa shape index (κ2) is 6.85. The monoisotopic (exact) mass is 256 g/mol. The van der Waals surface area contributed by atoms with Gasteiger partial charge in [-0.3, -0.25) is 0 Å². The van der Waals surface area contributed by atoms with Crippen LogP contribution in [0.4, 0.5) is 5.82 Å². The van der Waals surface area contributed by atoms with E-state index in [1.54, 1.807) is 0 Å². The van der Waals surface area contributed by atoms with E-state index in [0.717, 1.165) is 24.7 Å². The van der Waals surface area contributed by atoms with Crippen LogP contribution in [0.15, 0.2) is 42.6 Å². The minimum atomic E-state index is 0.691. The van der Waals surface area contributed by atoms with E-state index in [1.807, 2.05) is 25.4 Å². The molecule has 0 atom stereocenters. The number of nitrogens with one attached hydrogen (secondary N) is 1. The zero-order valence-electron chi connectivity index (χ0n) is 11.5. The van der Waals surface area contributed by atoms with Crippen molar-refractivity contribution in [2.24, 2.45) is 0 Å². The average Bonchev–Trinajstić information content (AvgIpc) is 2.46. The van der Waals surface area contributed by atoms with E-state index in [9.17, 15) is 0 Å². The first-order valence-corrected chi connectivity index (χ1v) is 6.59. The van der Waals surface area contributed by atoms with Gasteiger partial charge in [0.2, 0.25) is 0 Å². The molecule has 0 saturated heterocycles. The van der Waals surface area contributed by atoms with Gasteiger partial charge in [-0.2, -0.15) is 0 Å². The molecule has 4 nitrogen and oxygen atoms in total. The first kappa shape index (κ1) is 13.5. The second-order valence-electron chi connectivity index (χ2n) is 4.36. The molecule has 0 radical (unpaired) electrons. The molecule has 1 aromatic heterocycles. The maximum atomic E-state index is 4.58.